The van der Waals surface area contributed by atoms with Crippen LogP contribution < -0.4 is 0 Å². The number of hydrogen-bond acceptors (Lipinski definition) is 4. The second-order valence-corrected chi connectivity index (χ2v) is 3.91. The quantitative estimate of drug-likeness (QED) is 0.194. The molecule has 4 heteroatoms. The molecule has 0 rings (SSSR count). The van der Waals surface area contributed by atoms with Crippen molar-refractivity contribution in [1.29, 1.82) is 0 Å². The number of hydrogen-bond donors (Lipinski definition) is 0. The van der Waals surface area contributed by atoms with Crippen molar-refractivity contribution in [2.24, 2.45) is 4.99 Å². The number of rotatable bonds is 10. The lowest BCUT2D eigenvalue weighted by Gasteiger charge is -2.10. The van der Waals surface area contributed by atoms with Gasteiger partial charge >= 0.3 is 5.97 Å². The molecule has 0 aromatic rings. The highest BCUT2D eigenvalue weighted by Crippen LogP contribution is 2.09. The van der Waals surface area contributed by atoms with Crippen LogP contribution in [-0.2, 0) is 14.3 Å². The maximum Gasteiger partial charge on any atom is 0.330 e. The molecule has 0 radical (unpaired) electrons. The van der Waals surface area contributed by atoms with Crippen LogP contribution >= 0.6 is 0 Å². The van der Waals surface area contributed by atoms with E-state index in [1.807, 2.05) is 0 Å². The number of nitrogens with zero attached hydrogens (tertiary/aromatic N) is 1. The van der Waals surface area contributed by atoms with Crippen LogP contribution in [0.1, 0.15) is 45.4 Å². The van der Waals surface area contributed by atoms with Crippen molar-refractivity contribution in [3.8, 4) is 0 Å². The average molecular weight is 239 g/mol. The Morgan fingerprint density at radius 1 is 1.41 bits per heavy atom. The van der Waals surface area contributed by atoms with Crippen LogP contribution in [0.25, 0.3) is 0 Å². The molecular weight excluding hydrogens is 218 g/mol. The third-order valence-electron chi connectivity index (χ3n) is 2.46. The van der Waals surface area contributed by atoms with Crippen LogP contribution in [0.15, 0.2) is 17.6 Å². The summed E-state index contributed by atoms with van der Waals surface area (Å²) in [5.74, 6) is -0.484. The molecule has 96 valence electrons. The molecule has 0 heterocycles. The molecular formula is C13H21NO3. The molecule has 17 heavy (non-hydrogen) atoms. The topological polar surface area (TPSA) is 55.7 Å². The number of carbonyl (C=O) groups is 1. The first-order valence-corrected chi connectivity index (χ1v) is 6.10. The number of carbonyl (C=O) groups excluding carboxylic acids is 2. The highest BCUT2D eigenvalue weighted by atomic mass is 16.5. The fourth-order valence-corrected chi connectivity index (χ4v) is 1.48. The van der Waals surface area contributed by atoms with Crippen LogP contribution in [-0.4, -0.2) is 24.7 Å². The first-order valence-electron chi connectivity index (χ1n) is 6.10. The predicted molar refractivity (Wildman–Crippen MR) is 66.4 cm³/mol. The lowest BCUT2D eigenvalue weighted by atomic mass is 10.1. The molecule has 0 bridgehead atoms. The molecule has 0 saturated heterocycles. The molecule has 1 unspecified atom stereocenters. The van der Waals surface area contributed by atoms with Gasteiger partial charge in [-0.15, -0.1) is 0 Å². The largest absolute Gasteiger partial charge is 0.460 e. The van der Waals surface area contributed by atoms with Gasteiger partial charge in [0.2, 0.25) is 6.08 Å². The van der Waals surface area contributed by atoms with Gasteiger partial charge in [0.25, 0.3) is 0 Å². The lowest BCUT2D eigenvalue weighted by Crippen LogP contribution is -2.16. The van der Waals surface area contributed by atoms with Gasteiger partial charge in [-0.25, -0.2) is 9.59 Å². The van der Waals surface area contributed by atoms with Gasteiger partial charge < -0.3 is 4.74 Å². The Bertz CT molecular complexity index is 270. The zero-order chi connectivity index (χ0) is 12.9. The van der Waals surface area contributed by atoms with Crippen molar-refractivity contribution < 1.29 is 14.3 Å². The first-order chi connectivity index (χ1) is 8.24. The van der Waals surface area contributed by atoms with Gasteiger partial charge in [0.15, 0.2) is 0 Å². The summed E-state index contributed by atoms with van der Waals surface area (Å²) in [6.07, 6.45) is 9.11. The molecule has 0 aliphatic heterocycles. The summed E-state index contributed by atoms with van der Waals surface area (Å²) in [7, 11) is 0. The minimum absolute atomic E-state index is 0.133. The second kappa shape index (κ2) is 11.1. The van der Waals surface area contributed by atoms with E-state index in [0.717, 1.165) is 25.3 Å². The molecule has 0 saturated carbocycles. The highest BCUT2D eigenvalue weighted by molar-refractivity contribution is 5.81. The molecule has 0 aromatic heterocycles. The Labute approximate surface area is 103 Å². The molecule has 0 aliphatic carbocycles. The van der Waals surface area contributed by atoms with E-state index in [2.05, 4.69) is 18.5 Å². The molecule has 0 aliphatic rings. The van der Waals surface area contributed by atoms with Crippen LogP contribution in [0, 0.1) is 0 Å². The van der Waals surface area contributed by atoms with Crippen molar-refractivity contribution in [3.63, 3.8) is 0 Å². The highest BCUT2D eigenvalue weighted by Gasteiger charge is 2.09. The van der Waals surface area contributed by atoms with E-state index >= 15 is 0 Å². The number of ether oxygens (including phenoxy) is 1. The Kier molecular flexibility index (Phi) is 10.2. The second-order valence-electron chi connectivity index (χ2n) is 3.91. The normalized spacial score (nSPS) is 11.4. The molecule has 0 spiro atoms. The van der Waals surface area contributed by atoms with Gasteiger partial charge in [0, 0.05) is 6.08 Å². The van der Waals surface area contributed by atoms with Gasteiger partial charge in [-0.2, -0.15) is 4.99 Å². The summed E-state index contributed by atoms with van der Waals surface area (Å²) < 4.78 is 4.85. The van der Waals surface area contributed by atoms with E-state index in [0.29, 0.717) is 0 Å². The van der Waals surface area contributed by atoms with Gasteiger partial charge in [0.05, 0.1) is 6.04 Å². The van der Waals surface area contributed by atoms with Crippen molar-refractivity contribution in [1.82, 2.24) is 0 Å². The molecule has 0 N–H and O–H groups in total. The van der Waals surface area contributed by atoms with E-state index in [1.54, 1.807) is 0 Å². The Morgan fingerprint density at radius 2 is 2.12 bits per heavy atom. The van der Waals surface area contributed by atoms with E-state index in [-0.39, 0.29) is 12.6 Å². The Hall–Kier alpha value is -1.41. The smallest absolute Gasteiger partial charge is 0.330 e. The number of unbranched alkanes of at least 4 members (excludes halogenated alkanes) is 4. The maximum atomic E-state index is 10.9. The molecule has 0 aromatic carbocycles. The van der Waals surface area contributed by atoms with Crippen LogP contribution in [0.3, 0.4) is 0 Å². The average Bonchev–Trinajstić information content (AvgIpc) is 2.35. The standard InChI is InChI=1S/C13H21NO3/c1-3-5-6-7-8-9-12(14-11-15)10-17-13(16)4-2/h4,12H,2-3,5-10H2,1H3. The van der Waals surface area contributed by atoms with E-state index < -0.39 is 5.97 Å². The summed E-state index contributed by atoms with van der Waals surface area (Å²) >= 11 is 0. The zero-order valence-electron chi connectivity index (χ0n) is 10.5. The summed E-state index contributed by atoms with van der Waals surface area (Å²) in [5, 5.41) is 0. The van der Waals surface area contributed by atoms with Gasteiger partial charge in [-0.3, -0.25) is 0 Å². The van der Waals surface area contributed by atoms with E-state index in [4.69, 9.17) is 4.74 Å². The van der Waals surface area contributed by atoms with Gasteiger partial charge in [-0.05, 0) is 6.42 Å². The van der Waals surface area contributed by atoms with E-state index in [9.17, 15) is 9.59 Å². The number of aliphatic imine (C=N–C) groups is 1. The van der Waals surface area contributed by atoms with Crippen molar-refractivity contribution in [2.45, 2.75) is 51.5 Å². The fourth-order valence-electron chi connectivity index (χ4n) is 1.48. The molecule has 4 nitrogen and oxygen atoms in total. The zero-order valence-corrected chi connectivity index (χ0v) is 10.5. The summed E-state index contributed by atoms with van der Waals surface area (Å²) in [5.41, 5.74) is 0. The Morgan fingerprint density at radius 3 is 2.71 bits per heavy atom. The van der Waals surface area contributed by atoms with Crippen molar-refractivity contribution in [3.05, 3.63) is 12.7 Å². The van der Waals surface area contributed by atoms with Gasteiger partial charge in [0.1, 0.15) is 6.61 Å². The summed E-state index contributed by atoms with van der Waals surface area (Å²) in [4.78, 5) is 24.7. The minimum atomic E-state index is -0.484. The third kappa shape index (κ3) is 9.52. The number of esters is 1. The van der Waals surface area contributed by atoms with E-state index in [1.165, 1.54) is 25.3 Å². The Balaban J connectivity index is 3.78. The first kappa shape index (κ1) is 15.6. The maximum absolute atomic E-state index is 10.9. The van der Waals surface area contributed by atoms with Crippen LogP contribution in [0.2, 0.25) is 0 Å². The lowest BCUT2D eigenvalue weighted by molar-refractivity contribution is -0.138. The third-order valence-corrected chi connectivity index (χ3v) is 2.46. The fraction of sp³-hybridized carbons (Fsp3) is 0.692. The summed E-state index contributed by atoms with van der Waals surface area (Å²) in [6.45, 7) is 5.59. The number of isocyanates is 1. The van der Waals surface area contributed by atoms with Crippen LogP contribution in [0.4, 0.5) is 0 Å². The van der Waals surface area contributed by atoms with Crippen LogP contribution in [0.5, 0.6) is 0 Å². The molecule has 0 fully saturated rings. The SMILES string of the molecule is C=CC(=O)OCC(CCCCCCC)N=C=O. The minimum Gasteiger partial charge on any atom is -0.460 e. The molecule has 0 amide bonds. The van der Waals surface area contributed by atoms with Crippen molar-refractivity contribution >= 4 is 12.0 Å². The summed E-state index contributed by atoms with van der Waals surface area (Å²) in [6, 6.07) is -0.266. The molecule has 1 atom stereocenters. The predicted octanol–water partition coefficient (Wildman–Crippen LogP) is 2.78. The van der Waals surface area contributed by atoms with Gasteiger partial charge in [-0.1, -0.05) is 45.6 Å². The van der Waals surface area contributed by atoms with Crippen molar-refractivity contribution in [2.75, 3.05) is 6.61 Å². The monoisotopic (exact) mass is 239 g/mol.